The van der Waals surface area contributed by atoms with Crippen LogP contribution in [0.3, 0.4) is 0 Å². The normalized spacial score (nSPS) is 13.9. The highest BCUT2D eigenvalue weighted by atomic mass is 31.2. The smallest absolute Gasteiger partial charge is 0.457 e. The number of esters is 1. The van der Waals surface area contributed by atoms with Crippen LogP contribution in [0.4, 0.5) is 0 Å². The molecule has 0 aliphatic rings. The van der Waals surface area contributed by atoms with E-state index >= 15 is 0 Å². The third-order valence-corrected chi connectivity index (χ3v) is 12.8. The monoisotopic (exact) mass is 937 g/mol. The van der Waals surface area contributed by atoms with Crippen LogP contribution >= 0.6 is 7.82 Å². The Morgan fingerprint density at radius 3 is 1.28 bits per heavy atom. The summed E-state index contributed by atoms with van der Waals surface area (Å²) in [5, 5.41) is 0. The molecule has 0 aliphatic carbocycles. The summed E-state index contributed by atoms with van der Waals surface area (Å²) in [6.07, 6.45) is 61.6. The van der Waals surface area contributed by atoms with Crippen molar-refractivity contribution in [3.8, 4) is 0 Å². The maximum absolute atomic E-state index is 12.8. The van der Waals surface area contributed by atoms with E-state index in [0.29, 0.717) is 24.1 Å². The Hall–Kier alpha value is -1.54. The Kier molecular flexibility index (Phi) is 47.7. The zero-order chi connectivity index (χ0) is 47.6. The lowest BCUT2D eigenvalue weighted by atomic mass is 10.0. The summed E-state index contributed by atoms with van der Waals surface area (Å²) in [7, 11) is 1.67. The van der Waals surface area contributed by atoms with Gasteiger partial charge in [-0.05, 0) is 77.0 Å². The fraction of sp³-hybridized carbons (Fsp3) is 0.839. The second-order valence-corrected chi connectivity index (χ2v) is 21.1. The van der Waals surface area contributed by atoms with Crippen LogP contribution in [0, 0.1) is 0 Å². The number of phosphoric acid groups is 1. The Morgan fingerprint density at radius 1 is 0.477 bits per heavy atom. The largest absolute Gasteiger partial charge is 0.472 e. The molecule has 0 spiro atoms. The molecular weight excluding hydrogens is 830 g/mol. The highest BCUT2D eigenvalue weighted by Gasteiger charge is 2.26. The number of phosphoric ester groups is 1. The summed E-state index contributed by atoms with van der Waals surface area (Å²) in [5.41, 5.74) is 0. The van der Waals surface area contributed by atoms with Gasteiger partial charge in [0.05, 0.1) is 34.4 Å². The maximum Gasteiger partial charge on any atom is 0.472 e. The van der Waals surface area contributed by atoms with Gasteiger partial charge in [0.15, 0.2) is 0 Å². The number of ether oxygens (including phenoxy) is 2. The van der Waals surface area contributed by atoms with Crippen molar-refractivity contribution in [2.24, 2.45) is 0 Å². The number of hydrogen-bond acceptors (Lipinski definition) is 6. The van der Waals surface area contributed by atoms with Gasteiger partial charge in [0.2, 0.25) is 0 Å². The van der Waals surface area contributed by atoms with E-state index < -0.39 is 13.9 Å². The van der Waals surface area contributed by atoms with Gasteiger partial charge < -0.3 is 18.9 Å². The summed E-state index contributed by atoms with van der Waals surface area (Å²) < 4.78 is 35.2. The van der Waals surface area contributed by atoms with Gasteiger partial charge in [-0.15, -0.1) is 0 Å². The van der Waals surface area contributed by atoms with E-state index in [9.17, 15) is 14.3 Å². The maximum atomic E-state index is 12.8. The van der Waals surface area contributed by atoms with Gasteiger partial charge in [0.25, 0.3) is 0 Å². The van der Waals surface area contributed by atoms with Crippen LogP contribution in [0.5, 0.6) is 0 Å². The fourth-order valence-electron chi connectivity index (χ4n) is 7.61. The minimum atomic E-state index is -4.28. The highest BCUT2D eigenvalue weighted by Crippen LogP contribution is 2.43. The zero-order valence-corrected chi connectivity index (χ0v) is 44.4. The molecule has 0 aromatic heterocycles. The van der Waals surface area contributed by atoms with Crippen molar-refractivity contribution in [2.75, 3.05) is 54.1 Å². The topological polar surface area (TPSA) is 91.3 Å². The molecule has 0 radical (unpaired) electrons. The molecule has 0 bridgehead atoms. The molecule has 0 heterocycles. The number of nitrogens with zero attached hydrogens (tertiary/aromatic N) is 1. The van der Waals surface area contributed by atoms with Gasteiger partial charge in [-0.1, -0.05) is 210 Å². The fourth-order valence-corrected chi connectivity index (χ4v) is 8.36. The number of likely N-dealkylation sites (N-methyl/N-ethyl adjacent to an activating group) is 1. The summed E-state index contributed by atoms with van der Waals surface area (Å²) in [4.78, 5) is 23.0. The van der Waals surface area contributed by atoms with Crippen LogP contribution in [-0.2, 0) is 27.9 Å². The van der Waals surface area contributed by atoms with Gasteiger partial charge in [-0.2, -0.15) is 0 Å². The molecular formula is C56H107NO7P+. The molecule has 382 valence electrons. The zero-order valence-electron chi connectivity index (χ0n) is 43.5. The number of carbonyl (C=O) groups is 1. The van der Waals surface area contributed by atoms with Gasteiger partial charge >= 0.3 is 13.8 Å². The van der Waals surface area contributed by atoms with Gasteiger partial charge in [-0.3, -0.25) is 13.8 Å². The van der Waals surface area contributed by atoms with Crippen LogP contribution in [0.1, 0.15) is 245 Å². The molecule has 0 aromatic carbocycles. The number of rotatable bonds is 51. The third-order valence-electron chi connectivity index (χ3n) is 11.9. The van der Waals surface area contributed by atoms with E-state index in [1.165, 1.54) is 173 Å². The van der Waals surface area contributed by atoms with Crippen molar-refractivity contribution in [3.63, 3.8) is 0 Å². The minimum Gasteiger partial charge on any atom is -0.457 e. The first-order chi connectivity index (χ1) is 31.6. The average molecular weight is 937 g/mol. The number of hydrogen-bond donors (Lipinski definition) is 1. The van der Waals surface area contributed by atoms with E-state index in [1.54, 1.807) is 0 Å². The first-order valence-corrected chi connectivity index (χ1v) is 28.9. The van der Waals surface area contributed by atoms with Crippen LogP contribution < -0.4 is 0 Å². The van der Waals surface area contributed by atoms with E-state index in [0.717, 1.165) is 51.4 Å². The van der Waals surface area contributed by atoms with Crippen LogP contribution in [0.15, 0.2) is 48.6 Å². The van der Waals surface area contributed by atoms with Crippen LogP contribution in [-0.4, -0.2) is 75.6 Å². The first kappa shape index (κ1) is 63.5. The van der Waals surface area contributed by atoms with E-state index in [1.807, 2.05) is 21.1 Å². The average Bonchev–Trinajstić information content (AvgIpc) is 3.27. The molecule has 2 atom stereocenters. The molecule has 9 heteroatoms. The Balaban J connectivity index is 4.07. The van der Waals surface area contributed by atoms with Crippen molar-refractivity contribution in [1.82, 2.24) is 0 Å². The van der Waals surface area contributed by atoms with E-state index in [4.69, 9.17) is 18.5 Å². The molecule has 1 N–H and O–H groups in total. The minimum absolute atomic E-state index is 0.0865. The number of unbranched alkanes of at least 4 members (excludes halogenated alkanes) is 29. The van der Waals surface area contributed by atoms with Crippen molar-refractivity contribution < 1.29 is 37.3 Å². The van der Waals surface area contributed by atoms with Gasteiger partial charge in [0, 0.05) is 13.0 Å². The Labute approximate surface area is 403 Å². The summed E-state index contributed by atoms with van der Waals surface area (Å²) in [5.74, 6) is -0.320. The summed E-state index contributed by atoms with van der Waals surface area (Å²) >= 11 is 0. The SMILES string of the molecule is CCCCC/C=C\C/C=C\CCCCCCCCCC(=O)OC(COCCCCCCCCCCCCCCCC/C=C\C/C=C\CCCCCCC)COP(=O)(O)OCC[N+](C)(C)C. The number of carbonyl (C=O) groups excluding carboxylic acids is 1. The highest BCUT2D eigenvalue weighted by molar-refractivity contribution is 7.47. The van der Waals surface area contributed by atoms with Gasteiger partial charge in [0.1, 0.15) is 19.3 Å². The van der Waals surface area contributed by atoms with E-state index in [2.05, 4.69) is 62.5 Å². The number of allylic oxidation sites excluding steroid dienone is 8. The molecule has 0 aliphatic heterocycles. The summed E-state index contributed by atoms with van der Waals surface area (Å²) in [6, 6.07) is 0. The molecule has 0 aromatic rings. The molecule has 0 amide bonds. The lowest BCUT2D eigenvalue weighted by molar-refractivity contribution is -0.870. The molecule has 0 saturated heterocycles. The first-order valence-electron chi connectivity index (χ1n) is 27.4. The lowest BCUT2D eigenvalue weighted by Crippen LogP contribution is -2.37. The second kappa shape index (κ2) is 48.9. The standard InChI is InChI=1S/C56H106NO7P/c1-6-8-10-12-14-16-18-20-22-24-25-26-27-28-29-30-31-32-34-36-38-40-42-44-46-48-51-61-53-55(54-63-65(59,60)62-52-50-57(3,4)5)64-56(58)49-47-45-43-41-39-37-35-33-23-21-19-17-15-13-11-9-7-2/h15,17-18,20-21,23-25,55H,6-14,16,19,22,26-54H2,1-5H3/p+1/b17-15-,20-18-,23-21-,25-24-. The predicted molar refractivity (Wildman–Crippen MR) is 279 cm³/mol. The molecule has 2 unspecified atom stereocenters. The lowest BCUT2D eigenvalue weighted by Gasteiger charge is -2.24. The second-order valence-electron chi connectivity index (χ2n) is 19.6. The quantitative estimate of drug-likeness (QED) is 0.0214. The van der Waals surface area contributed by atoms with Crippen molar-refractivity contribution in [2.45, 2.75) is 251 Å². The van der Waals surface area contributed by atoms with E-state index in [-0.39, 0.29) is 25.8 Å². The predicted octanol–water partition coefficient (Wildman–Crippen LogP) is 17.1. The van der Waals surface area contributed by atoms with Crippen molar-refractivity contribution in [3.05, 3.63) is 48.6 Å². The molecule has 0 saturated carbocycles. The molecule has 0 rings (SSSR count). The molecule has 0 fully saturated rings. The number of quaternary nitrogens is 1. The molecule has 65 heavy (non-hydrogen) atoms. The third kappa shape index (κ3) is 53.3. The summed E-state index contributed by atoms with van der Waals surface area (Å²) in [6.45, 7) is 5.61. The molecule has 8 nitrogen and oxygen atoms in total. The van der Waals surface area contributed by atoms with Crippen LogP contribution in [0.25, 0.3) is 0 Å². The van der Waals surface area contributed by atoms with Gasteiger partial charge in [-0.25, -0.2) is 4.57 Å². The van der Waals surface area contributed by atoms with Crippen molar-refractivity contribution in [1.29, 1.82) is 0 Å². The Morgan fingerprint density at radius 2 is 0.846 bits per heavy atom. The van der Waals surface area contributed by atoms with Crippen LogP contribution in [0.2, 0.25) is 0 Å². The van der Waals surface area contributed by atoms with Crippen molar-refractivity contribution >= 4 is 13.8 Å². The Bertz CT molecular complexity index is 1180.